The molecular weight excluding hydrogens is 418 g/mol. The summed E-state index contributed by atoms with van der Waals surface area (Å²) < 4.78 is 2.69. The molecule has 0 aliphatic carbocycles. The van der Waals surface area contributed by atoms with Crippen LogP contribution in [0.3, 0.4) is 0 Å². The molecule has 0 radical (unpaired) electrons. The lowest BCUT2D eigenvalue weighted by Gasteiger charge is -2.24. The Morgan fingerprint density at radius 3 is 2.33 bits per heavy atom. The second-order valence-corrected chi connectivity index (χ2v) is 11.7. The zero-order chi connectivity index (χ0) is 22.5. The number of nitrogens with zero attached hydrogens (tertiary/aromatic N) is 1. The summed E-state index contributed by atoms with van der Waals surface area (Å²) in [5.74, 6) is 0. The van der Waals surface area contributed by atoms with Crippen LogP contribution in [0.5, 0.6) is 0 Å². The molecule has 160 valence electrons. The van der Waals surface area contributed by atoms with Crippen molar-refractivity contribution in [1.82, 2.24) is 4.98 Å². The normalized spacial score (nSPS) is 13.0. The lowest BCUT2D eigenvalue weighted by atomic mass is 9.80. The van der Waals surface area contributed by atoms with Crippen molar-refractivity contribution in [3.63, 3.8) is 0 Å². The van der Waals surface area contributed by atoms with Crippen molar-refractivity contribution in [3.8, 4) is 0 Å². The van der Waals surface area contributed by atoms with E-state index in [-0.39, 0.29) is 5.41 Å². The van der Waals surface area contributed by atoms with Gasteiger partial charge in [0.15, 0.2) is 0 Å². The van der Waals surface area contributed by atoms with Gasteiger partial charge in [-0.25, -0.2) is 0 Å². The van der Waals surface area contributed by atoms with E-state index in [1.807, 2.05) is 17.5 Å². The van der Waals surface area contributed by atoms with Crippen LogP contribution in [0.4, 0.5) is 0 Å². The molecule has 0 fully saturated rings. The fourth-order valence-electron chi connectivity index (χ4n) is 5.84. The number of fused-ring (bicyclic) bond motifs is 6. The fourth-order valence-corrected chi connectivity index (χ4v) is 6.97. The van der Waals surface area contributed by atoms with Gasteiger partial charge >= 0.3 is 0 Å². The average molecular weight is 444 g/mol. The number of benzene rings is 5. The van der Waals surface area contributed by atoms with Crippen LogP contribution in [0.15, 0.2) is 66.9 Å². The van der Waals surface area contributed by atoms with Crippen molar-refractivity contribution in [2.75, 3.05) is 0 Å². The summed E-state index contributed by atoms with van der Waals surface area (Å²) in [5, 5.41) is 12.1. The summed E-state index contributed by atoms with van der Waals surface area (Å²) in [4.78, 5) is 4.97. The molecule has 0 bridgehead atoms. The Labute approximate surface area is 197 Å². The predicted molar refractivity (Wildman–Crippen MR) is 146 cm³/mol. The zero-order valence-corrected chi connectivity index (χ0v) is 20.2. The van der Waals surface area contributed by atoms with E-state index in [0.29, 0.717) is 0 Å². The first kappa shape index (κ1) is 19.3. The monoisotopic (exact) mass is 443 g/mol. The van der Waals surface area contributed by atoms with E-state index < -0.39 is 0 Å². The topological polar surface area (TPSA) is 12.9 Å². The lowest BCUT2D eigenvalue weighted by molar-refractivity contribution is 0.412. The molecule has 0 aliphatic rings. The van der Waals surface area contributed by atoms with E-state index in [4.69, 9.17) is 4.98 Å². The van der Waals surface area contributed by atoms with Gasteiger partial charge in [-0.3, -0.25) is 4.98 Å². The van der Waals surface area contributed by atoms with Crippen LogP contribution in [0.25, 0.3) is 63.4 Å². The van der Waals surface area contributed by atoms with Gasteiger partial charge in [0.05, 0.1) is 5.52 Å². The van der Waals surface area contributed by atoms with E-state index in [0.717, 1.165) is 11.9 Å². The van der Waals surface area contributed by atoms with Gasteiger partial charge < -0.3 is 0 Å². The highest BCUT2D eigenvalue weighted by atomic mass is 32.1. The highest BCUT2D eigenvalue weighted by Gasteiger charge is 2.22. The van der Waals surface area contributed by atoms with Gasteiger partial charge in [0, 0.05) is 37.1 Å². The first-order valence-corrected chi connectivity index (χ1v) is 12.5. The molecule has 0 amide bonds. The Morgan fingerprint density at radius 2 is 1.48 bits per heavy atom. The molecule has 2 heteroatoms. The smallest absolute Gasteiger partial charge is 0.0793 e. The van der Waals surface area contributed by atoms with E-state index >= 15 is 0 Å². The van der Waals surface area contributed by atoms with Crippen LogP contribution < -0.4 is 0 Å². The minimum Gasteiger partial charge on any atom is -0.256 e. The molecule has 7 rings (SSSR count). The van der Waals surface area contributed by atoms with Crippen LogP contribution in [0, 0.1) is 12.3 Å². The van der Waals surface area contributed by atoms with Crippen molar-refractivity contribution < 1.29 is 0 Å². The van der Waals surface area contributed by atoms with Crippen molar-refractivity contribution >= 4 is 74.7 Å². The molecule has 5 aromatic carbocycles. The summed E-state index contributed by atoms with van der Waals surface area (Å²) in [7, 11) is 0. The number of aryl methyl sites for hydroxylation is 1. The molecule has 0 N–H and O–H groups in total. The SMILES string of the molecule is Cc1c(CC(C)(C)C)c2cccc3c4cc5c(cc4c4nccc1c4c23)sc1ccccc15. The molecule has 0 spiro atoms. The quantitative estimate of drug-likeness (QED) is 0.182. The number of pyridine rings is 1. The van der Waals surface area contributed by atoms with Crippen molar-refractivity contribution in [2.24, 2.45) is 5.41 Å². The molecule has 0 saturated carbocycles. The Kier molecular flexibility index (Phi) is 3.75. The highest BCUT2D eigenvalue weighted by Crippen LogP contribution is 2.46. The van der Waals surface area contributed by atoms with Gasteiger partial charge in [0.25, 0.3) is 0 Å². The second-order valence-electron chi connectivity index (χ2n) is 10.6. The van der Waals surface area contributed by atoms with Crippen molar-refractivity contribution in [2.45, 2.75) is 34.1 Å². The Bertz CT molecular complexity index is 1880. The summed E-state index contributed by atoms with van der Waals surface area (Å²) >= 11 is 1.88. The maximum absolute atomic E-state index is 4.97. The number of hydrogen-bond donors (Lipinski definition) is 0. The van der Waals surface area contributed by atoms with Gasteiger partial charge in [0.1, 0.15) is 0 Å². The van der Waals surface area contributed by atoms with E-state index in [9.17, 15) is 0 Å². The van der Waals surface area contributed by atoms with Gasteiger partial charge in [-0.05, 0) is 81.1 Å². The lowest BCUT2D eigenvalue weighted by Crippen LogP contribution is -2.11. The molecule has 33 heavy (non-hydrogen) atoms. The summed E-state index contributed by atoms with van der Waals surface area (Å²) in [5.41, 5.74) is 4.24. The highest BCUT2D eigenvalue weighted by molar-refractivity contribution is 7.25. The largest absolute Gasteiger partial charge is 0.256 e. The fraction of sp³-hybridized carbons (Fsp3) is 0.194. The Morgan fingerprint density at radius 1 is 0.697 bits per heavy atom. The number of hydrogen-bond acceptors (Lipinski definition) is 2. The van der Waals surface area contributed by atoms with Crippen LogP contribution >= 0.6 is 11.3 Å². The first-order chi connectivity index (χ1) is 15.9. The molecule has 0 saturated heterocycles. The maximum atomic E-state index is 4.97. The average Bonchev–Trinajstić information content (AvgIpc) is 3.17. The molecule has 7 aromatic rings. The van der Waals surface area contributed by atoms with Crippen molar-refractivity contribution in [3.05, 3.63) is 78.0 Å². The molecule has 1 nitrogen and oxygen atoms in total. The Balaban J connectivity index is 1.76. The molecule has 2 heterocycles. The van der Waals surface area contributed by atoms with Crippen LogP contribution in [-0.2, 0) is 6.42 Å². The van der Waals surface area contributed by atoms with Gasteiger partial charge in [0.2, 0.25) is 0 Å². The van der Waals surface area contributed by atoms with E-state index in [1.54, 1.807) is 0 Å². The zero-order valence-electron chi connectivity index (χ0n) is 19.4. The third-order valence-electron chi connectivity index (χ3n) is 7.22. The number of thiophene rings is 1. The third kappa shape index (κ3) is 2.62. The minimum atomic E-state index is 0.223. The summed E-state index contributed by atoms with van der Waals surface area (Å²) in [6.07, 6.45) is 3.07. The molecule has 0 atom stereocenters. The molecule has 0 aliphatic heterocycles. The molecular formula is C31H25NS. The summed E-state index contributed by atoms with van der Waals surface area (Å²) in [6, 6.07) is 22.7. The van der Waals surface area contributed by atoms with Crippen LogP contribution in [-0.4, -0.2) is 4.98 Å². The van der Waals surface area contributed by atoms with Crippen LogP contribution in [0.1, 0.15) is 31.9 Å². The molecule has 0 unspecified atom stereocenters. The van der Waals surface area contributed by atoms with E-state index in [2.05, 4.69) is 88.4 Å². The van der Waals surface area contributed by atoms with Crippen LogP contribution in [0.2, 0.25) is 0 Å². The third-order valence-corrected chi connectivity index (χ3v) is 8.35. The minimum absolute atomic E-state index is 0.223. The summed E-state index contributed by atoms with van der Waals surface area (Å²) in [6.45, 7) is 9.31. The number of rotatable bonds is 1. The predicted octanol–water partition coefficient (Wildman–Crippen LogP) is 9.40. The Hall–Kier alpha value is -3.23. The van der Waals surface area contributed by atoms with Gasteiger partial charge in [-0.15, -0.1) is 11.3 Å². The van der Waals surface area contributed by atoms with Gasteiger partial charge in [-0.2, -0.15) is 0 Å². The van der Waals surface area contributed by atoms with Gasteiger partial charge in [-0.1, -0.05) is 57.2 Å². The van der Waals surface area contributed by atoms with E-state index in [1.165, 1.54) is 69.0 Å². The standard InChI is InChI=1S/C31H25NS/c1-17-18-12-13-32-30-24-15-27-23(19-8-5-6-11-26(19)33-27)14-22(24)20-9-7-10-21(28(20)29(18)30)25(17)16-31(2,3)4/h5-15H,16H2,1-4H3. The second kappa shape index (κ2) is 6.42. The molecule has 2 aromatic heterocycles. The maximum Gasteiger partial charge on any atom is 0.0793 e. The van der Waals surface area contributed by atoms with Crippen molar-refractivity contribution in [1.29, 1.82) is 0 Å². The number of aromatic nitrogens is 1. The first-order valence-electron chi connectivity index (χ1n) is 11.7.